The third-order valence-electron chi connectivity index (χ3n) is 5.82. The van der Waals surface area contributed by atoms with Gasteiger partial charge in [0, 0.05) is 48.7 Å². The zero-order valence-corrected chi connectivity index (χ0v) is 20.0. The summed E-state index contributed by atoms with van der Waals surface area (Å²) in [5, 5.41) is 2.95. The first-order chi connectivity index (χ1) is 16.4. The average Bonchev–Trinajstić information content (AvgIpc) is 2.84. The number of hydrogen-bond acceptors (Lipinski definition) is 4. The Morgan fingerprint density at radius 1 is 0.853 bits per heavy atom. The number of ether oxygens (including phenoxy) is 1. The number of nitrogens with zero attached hydrogens (tertiary/aromatic N) is 2. The molecule has 0 radical (unpaired) electrons. The summed E-state index contributed by atoms with van der Waals surface area (Å²) in [6.07, 6.45) is 0.0495. The van der Waals surface area contributed by atoms with Gasteiger partial charge in [-0.3, -0.25) is 9.59 Å². The Kier molecular flexibility index (Phi) is 7.16. The minimum Gasteiger partial charge on any atom is -0.491 e. The molecule has 0 atom stereocenters. The Bertz CT molecular complexity index is 1130. The van der Waals surface area contributed by atoms with Crippen LogP contribution in [0.25, 0.3) is 0 Å². The van der Waals surface area contributed by atoms with Crippen LogP contribution in [0.1, 0.15) is 40.1 Å². The van der Waals surface area contributed by atoms with Gasteiger partial charge in [-0.2, -0.15) is 0 Å². The van der Waals surface area contributed by atoms with Crippen LogP contribution in [0.5, 0.6) is 5.75 Å². The predicted octanol–water partition coefficient (Wildman–Crippen LogP) is 5.00. The van der Waals surface area contributed by atoms with Crippen molar-refractivity contribution in [2.45, 2.75) is 26.9 Å². The highest BCUT2D eigenvalue weighted by atomic mass is 16.5. The molecular weight excluding hydrogens is 426 g/mol. The molecule has 6 nitrogen and oxygen atoms in total. The van der Waals surface area contributed by atoms with Gasteiger partial charge in [-0.25, -0.2) is 0 Å². The Hall–Kier alpha value is -3.80. The van der Waals surface area contributed by atoms with Crippen LogP contribution in [-0.4, -0.2) is 49.0 Å². The zero-order chi connectivity index (χ0) is 24.1. The fraction of sp³-hybridized carbons (Fsp3) is 0.286. The van der Waals surface area contributed by atoms with Crippen molar-refractivity contribution >= 4 is 23.2 Å². The van der Waals surface area contributed by atoms with Crippen molar-refractivity contribution in [3.63, 3.8) is 0 Å². The molecule has 3 aromatic rings. The highest BCUT2D eigenvalue weighted by molar-refractivity contribution is 6.04. The van der Waals surface area contributed by atoms with E-state index in [0.717, 1.165) is 35.6 Å². The van der Waals surface area contributed by atoms with Gasteiger partial charge in [0.25, 0.3) is 11.8 Å². The van der Waals surface area contributed by atoms with Crippen LogP contribution < -0.4 is 15.0 Å². The summed E-state index contributed by atoms with van der Waals surface area (Å²) in [5.41, 5.74) is 4.25. The maximum atomic E-state index is 12.8. The van der Waals surface area contributed by atoms with Crippen molar-refractivity contribution in [3.05, 3.63) is 89.5 Å². The van der Waals surface area contributed by atoms with Gasteiger partial charge < -0.3 is 19.9 Å². The molecule has 6 heteroatoms. The molecule has 1 N–H and O–H groups in total. The van der Waals surface area contributed by atoms with Crippen molar-refractivity contribution in [1.29, 1.82) is 0 Å². The molecule has 3 aromatic carbocycles. The monoisotopic (exact) mass is 457 g/mol. The highest BCUT2D eigenvalue weighted by Gasteiger charge is 2.22. The predicted molar refractivity (Wildman–Crippen MR) is 136 cm³/mol. The summed E-state index contributed by atoms with van der Waals surface area (Å²) in [4.78, 5) is 29.6. The second-order valence-electron chi connectivity index (χ2n) is 8.84. The first-order valence-corrected chi connectivity index (χ1v) is 11.7. The van der Waals surface area contributed by atoms with Gasteiger partial charge in [0.05, 0.1) is 6.10 Å². The van der Waals surface area contributed by atoms with Gasteiger partial charge in [-0.15, -0.1) is 0 Å². The summed E-state index contributed by atoms with van der Waals surface area (Å²) in [7, 11) is 0. The lowest BCUT2D eigenvalue weighted by Crippen LogP contribution is -2.48. The molecule has 1 heterocycles. The van der Waals surface area contributed by atoms with Crippen LogP contribution in [0.3, 0.4) is 0 Å². The lowest BCUT2D eigenvalue weighted by Gasteiger charge is -2.36. The van der Waals surface area contributed by atoms with Gasteiger partial charge in [0.2, 0.25) is 0 Å². The minimum absolute atomic E-state index is 0.0495. The van der Waals surface area contributed by atoms with E-state index in [1.807, 2.05) is 86.3 Å². The zero-order valence-electron chi connectivity index (χ0n) is 20.0. The summed E-state index contributed by atoms with van der Waals surface area (Å²) in [6, 6.07) is 22.7. The SMILES string of the molecule is Cc1ccc(C(=O)N2CCN(c3ccc(NC(=O)c4cccc(OC(C)C)c4)cc3)CC2)cc1. The molecule has 1 aliphatic rings. The van der Waals surface area contributed by atoms with Gasteiger partial charge in [0.1, 0.15) is 5.75 Å². The number of nitrogens with one attached hydrogen (secondary N) is 1. The fourth-order valence-electron chi connectivity index (χ4n) is 3.99. The number of hydrogen-bond donors (Lipinski definition) is 1. The van der Waals surface area contributed by atoms with E-state index >= 15 is 0 Å². The van der Waals surface area contributed by atoms with Gasteiger partial charge in [-0.05, 0) is 75.4 Å². The van der Waals surface area contributed by atoms with E-state index in [0.29, 0.717) is 24.4 Å². The molecule has 34 heavy (non-hydrogen) atoms. The van der Waals surface area contributed by atoms with E-state index in [1.54, 1.807) is 12.1 Å². The van der Waals surface area contributed by atoms with Crippen LogP contribution in [0.15, 0.2) is 72.8 Å². The Morgan fingerprint density at radius 3 is 2.18 bits per heavy atom. The number of benzene rings is 3. The van der Waals surface area contributed by atoms with Gasteiger partial charge in [0.15, 0.2) is 0 Å². The first kappa shape index (κ1) is 23.4. The molecule has 0 aliphatic carbocycles. The second kappa shape index (κ2) is 10.4. The molecule has 0 saturated carbocycles. The van der Waals surface area contributed by atoms with Crippen LogP contribution in [-0.2, 0) is 0 Å². The number of piperazine rings is 1. The summed E-state index contributed by atoms with van der Waals surface area (Å²) in [6.45, 7) is 8.83. The maximum absolute atomic E-state index is 12.8. The molecule has 176 valence electrons. The molecular formula is C28H31N3O3. The van der Waals surface area contributed by atoms with E-state index < -0.39 is 0 Å². The van der Waals surface area contributed by atoms with E-state index in [-0.39, 0.29) is 17.9 Å². The number of amides is 2. The van der Waals surface area contributed by atoms with Crippen molar-refractivity contribution in [1.82, 2.24) is 4.90 Å². The third-order valence-corrected chi connectivity index (χ3v) is 5.82. The average molecular weight is 458 g/mol. The topological polar surface area (TPSA) is 61.9 Å². The molecule has 1 saturated heterocycles. The van der Waals surface area contributed by atoms with Crippen LogP contribution in [0, 0.1) is 6.92 Å². The van der Waals surface area contributed by atoms with Crippen molar-refractivity contribution in [2.75, 3.05) is 36.4 Å². The van der Waals surface area contributed by atoms with Gasteiger partial charge >= 0.3 is 0 Å². The van der Waals surface area contributed by atoms with E-state index in [9.17, 15) is 9.59 Å². The number of carbonyl (C=O) groups is 2. The normalized spacial score (nSPS) is 13.6. The Balaban J connectivity index is 1.32. The van der Waals surface area contributed by atoms with E-state index in [1.165, 1.54) is 0 Å². The minimum atomic E-state index is -0.176. The number of anilines is 2. The van der Waals surface area contributed by atoms with Crippen molar-refractivity contribution in [3.8, 4) is 5.75 Å². The van der Waals surface area contributed by atoms with Gasteiger partial charge in [-0.1, -0.05) is 23.8 Å². The van der Waals surface area contributed by atoms with E-state index in [2.05, 4.69) is 10.2 Å². The van der Waals surface area contributed by atoms with Crippen molar-refractivity contribution < 1.29 is 14.3 Å². The first-order valence-electron chi connectivity index (χ1n) is 11.7. The largest absolute Gasteiger partial charge is 0.491 e. The smallest absolute Gasteiger partial charge is 0.255 e. The van der Waals surface area contributed by atoms with Crippen molar-refractivity contribution in [2.24, 2.45) is 0 Å². The number of rotatable bonds is 6. The lowest BCUT2D eigenvalue weighted by molar-refractivity contribution is 0.0746. The molecule has 4 rings (SSSR count). The molecule has 0 bridgehead atoms. The molecule has 0 aromatic heterocycles. The molecule has 2 amide bonds. The second-order valence-corrected chi connectivity index (χ2v) is 8.84. The molecule has 1 fully saturated rings. The molecule has 0 spiro atoms. The summed E-state index contributed by atoms with van der Waals surface area (Å²) < 4.78 is 5.68. The highest BCUT2D eigenvalue weighted by Crippen LogP contribution is 2.22. The third kappa shape index (κ3) is 5.76. The Morgan fingerprint density at radius 2 is 1.53 bits per heavy atom. The fourth-order valence-corrected chi connectivity index (χ4v) is 3.99. The number of carbonyl (C=O) groups excluding carboxylic acids is 2. The molecule has 1 aliphatic heterocycles. The van der Waals surface area contributed by atoms with Crippen LogP contribution >= 0.6 is 0 Å². The summed E-state index contributed by atoms with van der Waals surface area (Å²) >= 11 is 0. The lowest BCUT2D eigenvalue weighted by atomic mass is 10.1. The van der Waals surface area contributed by atoms with Crippen LogP contribution in [0.4, 0.5) is 11.4 Å². The molecule has 0 unspecified atom stereocenters. The Labute approximate surface area is 201 Å². The summed E-state index contributed by atoms with van der Waals surface area (Å²) in [5.74, 6) is 0.587. The number of aryl methyl sites for hydroxylation is 1. The maximum Gasteiger partial charge on any atom is 0.255 e. The van der Waals surface area contributed by atoms with Crippen LogP contribution in [0.2, 0.25) is 0 Å². The quantitative estimate of drug-likeness (QED) is 0.566. The van der Waals surface area contributed by atoms with E-state index in [4.69, 9.17) is 4.74 Å². The standard InChI is InChI=1S/C28H31N3O3/c1-20(2)34-26-6-4-5-23(19-26)27(32)29-24-11-13-25(14-12-24)30-15-17-31(18-16-30)28(33)22-9-7-21(3)8-10-22/h4-14,19-20H,15-18H2,1-3H3,(H,29,32).